The van der Waals surface area contributed by atoms with Gasteiger partial charge in [-0.3, -0.25) is 0 Å². The van der Waals surface area contributed by atoms with Crippen molar-refractivity contribution >= 4 is 0 Å². The summed E-state index contributed by atoms with van der Waals surface area (Å²) in [6.07, 6.45) is 0. The Morgan fingerprint density at radius 1 is 1.00 bits per heavy atom. The lowest BCUT2D eigenvalue weighted by atomic mass is 10.2. The van der Waals surface area contributed by atoms with E-state index in [9.17, 15) is 4.39 Å². The molecular formula is C14H11FN4O. The van der Waals surface area contributed by atoms with Gasteiger partial charge in [0.15, 0.2) is 0 Å². The van der Waals surface area contributed by atoms with Crippen LogP contribution in [0.15, 0.2) is 48.5 Å². The SMILES string of the molecule is Fc1ccc(COc2ccc(-c3nn[nH]n3)cc2)cc1. The van der Waals surface area contributed by atoms with Gasteiger partial charge in [-0.25, -0.2) is 4.39 Å². The lowest BCUT2D eigenvalue weighted by Gasteiger charge is -2.06. The number of hydrogen-bond acceptors (Lipinski definition) is 4. The summed E-state index contributed by atoms with van der Waals surface area (Å²) < 4.78 is 18.4. The highest BCUT2D eigenvalue weighted by Crippen LogP contribution is 2.19. The number of benzene rings is 2. The number of nitrogens with zero attached hydrogens (tertiary/aromatic N) is 3. The van der Waals surface area contributed by atoms with Gasteiger partial charge in [-0.15, -0.1) is 10.2 Å². The van der Waals surface area contributed by atoms with Crippen LogP contribution in [-0.2, 0) is 6.61 Å². The molecule has 6 heteroatoms. The Labute approximate surface area is 114 Å². The Hall–Kier alpha value is -2.76. The van der Waals surface area contributed by atoms with E-state index in [4.69, 9.17) is 4.74 Å². The van der Waals surface area contributed by atoms with Gasteiger partial charge in [0.05, 0.1) is 0 Å². The maximum Gasteiger partial charge on any atom is 0.204 e. The maximum absolute atomic E-state index is 12.8. The zero-order valence-corrected chi connectivity index (χ0v) is 10.5. The van der Waals surface area contributed by atoms with E-state index in [0.717, 1.165) is 16.9 Å². The van der Waals surface area contributed by atoms with E-state index < -0.39 is 0 Å². The molecule has 3 rings (SSSR count). The van der Waals surface area contributed by atoms with Crippen LogP contribution in [0.3, 0.4) is 0 Å². The molecule has 0 aliphatic carbocycles. The van der Waals surface area contributed by atoms with Gasteiger partial charge in [0.25, 0.3) is 0 Å². The minimum atomic E-state index is -0.252. The van der Waals surface area contributed by atoms with Crippen molar-refractivity contribution in [1.82, 2.24) is 20.6 Å². The second-order valence-electron chi connectivity index (χ2n) is 4.17. The van der Waals surface area contributed by atoms with E-state index >= 15 is 0 Å². The molecule has 0 radical (unpaired) electrons. The summed E-state index contributed by atoms with van der Waals surface area (Å²) in [6, 6.07) is 13.6. The molecule has 0 aliphatic rings. The maximum atomic E-state index is 12.8. The number of rotatable bonds is 4. The Bertz CT molecular complexity index is 665. The van der Waals surface area contributed by atoms with Gasteiger partial charge >= 0.3 is 0 Å². The third-order valence-electron chi connectivity index (χ3n) is 2.78. The number of halogens is 1. The first-order valence-corrected chi connectivity index (χ1v) is 6.02. The van der Waals surface area contributed by atoms with E-state index in [1.165, 1.54) is 12.1 Å². The van der Waals surface area contributed by atoms with Crippen molar-refractivity contribution in [3.8, 4) is 17.1 Å². The highest BCUT2D eigenvalue weighted by atomic mass is 19.1. The number of ether oxygens (including phenoxy) is 1. The summed E-state index contributed by atoms with van der Waals surface area (Å²) in [5.41, 5.74) is 1.77. The first-order valence-electron chi connectivity index (χ1n) is 6.02. The fourth-order valence-electron chi connectivity index (χ4n) is 1.73. The molecule has 100 valence electrons. The summed E-state index contributed by atoms with van der Waals surface area (Å²) in [5.74, 6) is 1.01. The number of hydrogen-bond donors (Lipinski definition) is 1. The van der Waals surface area contributed by atoms with Gasteiger partial charge in [0.1, 0.15) is 18.2 Å². The number of H-pyrrole nitrogens is 1. The molecule has 0 unspecified atom stereocenters. The van der Waals surface area contributed by atoms with Gasteiger partial charge in [0, 0.05) is 5.56 Å². The van der Waals surface area contributed by atoms with Crippen LogP contribution in [0.4, 0.5) is 4.39 Å². The number of aromatic amines is 1. The van der Waals surface area contributed by atoms with E-state index in [0.29, 0.717) is 12.4 Å². The first-order chi connectivity index (χ1) is 9.81. The van der Waals surface area contributed by atoms with Gasteiger partial charge in [-0.2, -0.15) is 5.21 Å². The van der Waals surface area contributed by atoms with Crippen LogP contribution in [0.25, 0.3) is 11.4 Å². The van der Waals surface area contributed by atoms with Crippen molar-refractivity contribution in [2.45, 2.75) is 6.61 Å². The predicted octanol–water partition coefficient (Wildman–Crippen LogP) is 2.58. The number of tetrazole rings is 1. The first kappa shape index (κ1) is 12.3. The Kier molecular flexibility index (Phi) is 3.36. The molecule has 1 heterocycles. The molecular weight excluding hydrogens is 259 g/mol. The lowest BCUT2D eigenvalue weighted by Crippen LogP contribution is -1.95. The van der Waals surface area contributed by atoms with Crippen LogP contribution in [0.2, 0.25) is 0 Å². The quantitative estimate of drug-likeness (QED) is 0.791. The normalized spacial score (nSPS) is 10.4. The summed E-state index contributed by atoms with van der Waals surface area (Å²) in [6.45, 7) is 0.391. The third kappa shape index (κ3) is 2.80. The second-order valence-corrected chi connectivity index (χ2v) is 4.17. The zero-order valence-electron chi connectivity index (χ0n) is 10.5. The summed E-state index contributed by atoms with van der Waals surface area (Å²) in [7, 11) is 0. The van der Waals surface area contributed by atoms with Crippen molar-refractivity contribution in [3.05, 3.63) is 59.9 Å². The fraction of sp³-hybridized carbons (Fsp3) is 0.0714. The van der Waals surface area contributed by atoms with Gasteiger partial charge in [0.2, 0.25) is 5.82 Å². The van der Waals surface area contributed by atoms with Crippen LogP contribution in [0.5, 0.6) is 5.75 Å². The average Bonchev–Trinajstić information content (AvgIpc) is 3.01. The average molecular weight is 270 g/mol. The van der Waals surface area contributed by atoms with E-state index in [1.54, 1.807) is 12.1 Å². The van der Waals surface area contributed by atoms with Crippen LogP contribution >= 0.6 is 0 Å². The topological polar surface area (TPSA) is 63.7 Å². The van der Waals surface area contributed by atoms with Crippen LogP contribution in [0.1, 0.15) is 5.56 Å². The Morgan fingerprint density at radius 2 is 1.75 bits per heavy atom. The molecule has 0 aliphatic heterocycles. The second kappa shape index (κ2) is 5.48. The standard InChI is InChI=1S/C14H11FN4O/c15-12-5-1-10(2-6-12)9-20-13-7-3-11(4-8-13)14-16-18-19-17-14/h1-8H,9H2,(H,16,17,18,19). The van der Waals surface area contributed by atoms with E-state index in [-0.39, 0.29) is 5.82 Å². The summed E-state index contributed by atoms with van der Waals surface area (Å²) in [5, 5.41) is 13.7. The Morgan fingerprint density at radius 3 is 2.40 bits per heavy atom. The van der Waals surface area contributed by atoms with E-state index in [1.807, 2.05) is 24.3 Å². The smallest absolute Gasteiger partial charge is 0.204 e. The molecule has 5 nitrogen and oxygen atoms in total. The molecule has 0 bridgehead atoms. The molecule has 1 aromatic heterocycles. The minimum absolute atomic E-state index is 0.252. The molecule has 0 saturated heterocycles. The molecule has 20 heavy (non-hydrogen) atoms. The largest absolute Gasteiger partial charge is 0.489 e. The molecule has 0 saturated carbocycles. The minimum Gasteiger partial charge on any atom is -0.489 e. The van der Waals surface area contributed by atoms with Crippen molar-refractivity contribution in [2.75, 3.05) is 0 Å². The van der Waals surface area contributed by atoms with Crippen molar-refractivity contribution < 1.29 is 9.13 Å². The lowest BCUT2D eigenvalue weighted by molar-refractivity contribution is 0.306. The molecule has 3 aromatic rings. The molecule has 0 spiro atoms. The highest BCUT2D eigenvalue weighted by molar-refractivity contribution is 5.54. The van der Waals surface area contributed by atoms with Crippen LogP contribution < -0.4 is 4.74 Å². The molecule has 0 atom stereocenters. The van der Waals surface area contributed by atoms with Crippen LogP contribution in [0, 0.1) is 5.82 Å². The predicted molar refractivity (Wildman–Crippen MR) is 70.3 cm³/mol. The number of aromatic nitrogens is 4. The van der Waals surface area contributed by atoms with Crippen LogP contribution in [-0.4, -0.2) is 20.6 Å². The molecule has 0 amide bonds. The third-order valence-corrected chi connectivity index (χ3v) is 2.78. The van der Waals surface area contributed by atoms with Crippen molar-refractivity contribution in [2.24, 2.45) is 0 Å². The molecule has 1 N–H and O–H groups in total. The summed E-state index contributed by atoms with van der Waals surface area (Å²) in [4.78, 5) is 0. The monoisotopic (exact) mass is 270 g/mol. The fourth-order valence-corrected chi connectivity index (χ4v) is 1.73. The molecule has 2 aromatic carbocycles. The number of nitrogens with one attached hydrogen (secondary N) is 1. The van der Waals surface area contributed by atoms with Gasteiger partial charge < -0.3 is 4.74 Å². The zero-order chi connectivity index (χ0) is 13.8. The van der Waals surface area contributed by atoms with Crippen molar-refractivity contribution in [1.29, 1.82) is 0 Å². The highest BCUT2D eigenvalue weighted by Gasteiger charge is 2.03. The van der Waals surface area contributed by atoms with Crippen molar-refractivity contribution in [3.63, 3.8) is 0 Å². The van der Waals surface area contributed by atoms with Gasteiger partial charge in [-0.1, -0.05) is 12.1 Å². The summed E-state index contributed by atoms with van der Waals surface area (Å²) >= 11 is 0. The van der Waals surface area contributed by atoms with Gasteiger partial charge in [-0.05, 0) is 47.2 Å². The Balaban J connectivity index is 1.65. The molecule has 0 fully saturated rings. The van der Waals surface area contributed by atoms with E-state index in [2.05, 4.69) is 20.6 Å².